The van der Waals surface area contributed by atoms with Gasteiger partial charge >= 0.3 is 5.97 Å². The van der Waals surface area contributed by atoms with Gasteiger partial charge in [-0.25, -0.2) is 4.98 Å². The van der Waals surface area contributed by atoms with E-state index in [4.69, 9.17) is 16.7 Å². The van der Waals surface area contributed by atoms with E-state index in [2.05, 4.69) is 10.3 Å². The summed E-state index contributed by atoms with van der Waals surface area (Å²) in [6, 6.07) is -0.452. The molecule has 2 atom stereocenters. The van der Waals surface area contributed by atoms with Crippen LogP contribution in [-0.2, 0) is 4.79 Å². The quantitative estimate of drug-likeness (QED) is 0.834. The second-order valence-electron chi connectivity index (χ2n) is 3.57. The first-order valence-corrected chi connectivity index (χ1v) is 5.99. The van der Waals surface area contributed by atoms with Gasteiger partial charge < -0.3 is 10.4 Å². The smallest absolute Gasteiger partial charge is 0.320 e. The van der Waals surface area contributed by atoms with Gasteiger partial charge in [0.25, 0.3) is 0 Å². The zero-order valence-corrected chi connectivity index (χ0v) is 9.51. The molecule has 4 nitrogen and oxygen atoms in total. The lowest BCUT2D eigenvalue weighted by Gasteiger charge is -2.26. The van der Waals surface area contributed by atoms with Gasteiger partial charge in [-0.2, -0.15) is 0 Å². The molecule has 0 bridgehead atoms. The van der Waals surface area contributed by atoms with Crippen LogP contribution in [0.25, 0.3) is 0 Å². The molecule has 2 heterocycles. The summed E-state index contributed by atoms with van der Waals surface area (Å²) in [7, 11) is 0. The number of aromatic nitrogens is 1. The third kappa shape index (κ3) is 2.48. The molecule has 0 aromatic carbocycles. The third-order valence-corrected chi connectivity index (χ3v) is 3.88. The van der Waals surface area contributed by atoms with Crippen LogP contribution in [0.5, 0.6) is 0 Å². The molecule has 2 N–H and O–H groups in total. The summed E-state index contributed by atoms with van der Waals surface area (Å²) in [5, 5.41) is 15.1. The van der Waals surface area contributed by atoms with Gasteiger partial charge in [0.15, 0.2) is 0 Å². The normalized spacial score (nSPS) is 26.5. The average Bonchev–Trinajstić information content (AvgIpc) is 2.65. The van der Waals surface area contributed by atoms with Gasteiger partial charge in [-0.1, -0.05) is 11.6 Å². The molecule has 15 heavy (non-hydrogen) atoms. The topological polar surface area (TPSA) is 62.2 Å². The SMILES string of the molecule is O=C(O)C1CC(c2nc(Cl)cs2)CCN1. The molecule has 0 saturated carbocycles. The van der Waals surface area contributed by atoms with Crippen LogP contribution in [0.15, 0.2) is 5.38 Å². The van der Waals surface area contributed by atoms with Gasteiger partial charge in [0.2, 0.25) is 0 Å². The molecule has 0 aliphatic carbocycles. The Morgan fingerprint density at radius 3 is 3.13 bits per heavy atom. The van der Waals surface area contributed by atoms with Gasteiger partial charge in [-0.3, -0.25) is 4.79 Å². The Hall–Kier alpha value is -0.650. The zero-order chi connectivity index (χ0) is 10.8. The minimum Gasteiger partial charge on any atom is -0.480 e. The second kappa shape index (κ2) is 4.47. The van der Waals surface area contributed by atoms with Crippen LogP contribution in [0, 0.1) is 0 Å². The summed E-state index contributed by atoms with van der Waals surface area (Å²) in [6.07, 6.45) is 1.52. The highest BCUT2D eigenvalue weighted by molar-refractivity contribution is 7.10. The molecule has 1 saturated heterocycles. The Balaban J connectivity index is 2.07. The number of carbonyl (C=O) groups is 1. The lowest BCUT2D eigenvalue weighted by Crippen LogP contribution is -2.42. The fourth-order valence-electron chi connectivity index (χ4n) is 1.78. The number of thiazole rings is 1. The van der Waals surface area contributed by atoms with E-state index in [1.165, 1.54) is 11.3 Å². The molecule has 82 valence electrons. The van der Waals surface area contributed by atoms with Crippen molar-refractivity contribution < 1.29 is 9.90 Å². The fraction of sp³-hybridized carbons (Fsp3) is 0.556. The van der Waals surface area contributed by atoms with Gasteiger partial charge in [-0.15, -0.1) is 11.3 Å². The molecule has 2 rings (SSSR count). The molecule has 0 amide bonds. The van der Waals surface area contributed by atoms with Crippen LogP contribution in [0.2, 0.25) is 5.15 Å². The first kappa shape index (κ1) is 10.9. The molecular formula is C9H11ClN2O2S. The minimum atomic E-state index is -0.789. The lowest BCUT2D eigenvalue weighted by molar-refractivity contribution is -0.140. The molecular weight excluding hydrogens is 236 g/mol. The summed E-state index contributed by atoms with van der Waals surface area (Å²) in [5.74, 6) is -0.563. The number of hydrogen-bond donors (Lipinski definition) is 2. The van der Waals surface area contributed by atoms with Crippen LogP contribution in [-0.4, -0.2) is 28.6 Å². The van der Waals surface area contributed by atoms with E-state index in [0.717, 1.165) is 18.0 Å². The van der Waals surface area contributed by atoms with Crippen molar-refractivity contribution in [2.75, 3.05) is 6.54 Å². The molecule has 1 aliphatic rings. The van der Waals surface area contributed by atoms with Crippen molar-refractivity contribution in [3.8, 4) is 0 Å². The highest BCUT2D eigenvalue weighted by atomic mass is 35.5. The maximum atomic E-state index is 10.8. The Labute approximate surface area is 96.3 Å². The van der Waals surface area contributed by atoms with E-state index in [9.17, 15) is 4.79 Å². The summed E-state index contributed by atoms with van der Waals surface area (Å²) < 4.78 is 0. The Morgan fingerprint density at radius 2 is 2.53 bits per heavy atom. The van der Waals surface area contributed by atoms with Crippen molar-refractivity contribution >= 4 is 28.9 Å². The van der Waals surface area contributed by atoms with E-state index in [-0.39, 0.29) is 5.92 Å². The van der Waals surface area contributed by atoms with Crippen molar-refractivity contribution in [2.45, 2.75) is 24.8 Å². The predicted octanol–water partition coefficient (Wildman–Crippen LogP) is 1.72. The minimum absolute atomic E-state index is 0.227. The number of carboxylic acid groups (broad SMARTS) is 1. The van der Waals surface area contributed by atoms with Crippen molar-refractivity contribution in [1.29, 1.82) is 0 Å². The van der Waals surface area contributed by atoms with Crippen LogP contribution in [0.4, 0.5) is 0 Å². The van der Waals surface area contributed by atoms with Crippen LogP contribution in [0.3, 0.4) is 0 Å². The first-order valence-electron chi connectivity index (χ1n) is 4.74. The molecule has 2 unspecified atom stereocenters. The number of rotatable bonds is 2. The van der Waals surface area contributed by atoms with Crippen molar-refractivity contribution in [3.05, 3.63) is 15.5 Å². The van der Waals surface area contributed by atoms with E-state index < -0.39 is 12.0 Å². The van der Waals surface area contributed by atoms with E-state index in [0.29, 0.717) is 11.6 Å². The highest BCUT2D eigenvalue weighted by Gasteiger charge is 2.28. The summed E-state index contributed by atoms with van der Waals surface area (Å²) in [5.41, 5.74) is 0. The highest BCUT2D eigenvalue weighted by Crippen LogP contribution is 2.31. The van der Waals surface area contributed by atoms with Crippen LogP contribution < -0.4 is 5.32 Å². The summed E-state index contributed by atoms with van der Waals surface area (Å²) in [6.45, 7) is 0.721. The van der Waals surface area contributed by atoms with Crippen molar-refractivity contribution in [1.82, 2.24) is 10.3 Å². The Morgan fingerprint density at radius 1 is 1.73 bits per heavy atom. The number of aliphatic carboxylic acids is 1. The largest absolute Gasteiger partial charge is 0.480 e. The monoisotopic (exact) mass is 246 g/mol. The third-order valence-electron chi connectivity index (χ3n) is 2.55. The van der Waals surface area contributed by atoms with Gasteiger partial charge in [-0.05, 0) is 19.4 Å². The molecule has 1 fully saturated rings. The number of hydrogen-bond acceptors (Lipinski definition) is 4. The fourth-order valence-corrected chi connectivity index (χ4v) is 2.89. The Kier molecular flexibility index (Phi) is 3.23. The van der Waals surface area contributed by atoms with Crippen LogP contribution in [0.1, 0.15) is 23.8 Å². The molecule has 1 aromatic heterocycles. The second-order valence-corrected chi connectivity index (χ2v) is 4.85. The first-order chi connectivity index (χ1) is 7.16. The van der Waals surface area contributed by atoms with Crippen LogP contribution >= 0.6 is 22.9 Å². The van der Waals surface area contributed by atoms with Gasteiger partial charge in [0.1, 0.15) is 11.2 Å². The molecule has 1 aromatic rings. The van der Waals surface area contributed by atoms with Gasteiger partial charge in [0, 0.05) is 11.3 Å². The summed E-state index contributed by atoms with van der Waals surface area (Å²) in [4.78, 5) is 15.0. The maximum Gasteiger partial charge on any atom is 0.320 e. The standard InChI is InChI=1S/C9H11ClN2O2S/c10-7-4-15-8(12-7)5-1-2-11-6(3-5)9(13)14/h4-6,11H,1-3H2,(H,13,14). The lowest BCUT2D eigenvalue weighted by atomic mass is 9.93. The summed E-state index contributed by atoms with van der Waals surface area (Å²) >= 11 is 7.25. The zero-order valence-electron chi connectivity index (χ0n) is 7.94. The maximum absolute atomic E-state index is 10.8. The van der Waals surface area contributed by atoms with Crippen molar-refractivity contribution in [2.24, 2.45) is 0 Å². The number of nitrogens with one attached hydrogen (secondary N) is 1. The average molecular weight is 247 g/mol. The van der Waals surface area contributed by atoms with E-state index in [1.807, 2.05) is 0 Å². The Bertz CT molecular complexity index is 369. The number of halogens is 1. The predicted molar refractivity (Wildman–Crippen MR) is 58.5 cm³/mol. The number of piperidine rings is 1. The van der Waals surface area contributed by atoms with Gasteiger partial charge in [0.05, 0.1) is 5.01 Å². The molecule has 0 radical (unpaired) electrons. The molecule has 0 spiro atoms. The number of carboxylic acids is 1. The van der Waals surface area contributed by atoms with E-state index >= 15 is 0 Å². The number of nitrogens with zero attached hydrogens (tertiary/aromatic N) is 1. The molecule has 1 aliphatic heterocycles. The van der Waals surface area contributed by atoms with E-state index in [1.54, 1.807) is 5.38 Å². The van der Waals surface area contributed by atoms with Crippen molar-refractivity contribution in [3.63, 3.8) is 0 Å². The molecule has 6 heteroatoms.